The number of primary amides is 1. The summed E-state index contributed by atoms with van der Waals surface area (Å²) in [5.74, 6) is -0.755. The first kappa shape index (κ1) is 26.8. The molecule has 4 N–H and O–H groups in total. The highest BCUT2D eigenvalue weighted by Crippen LogP contribution is 2.24. The SMILES string of the molecule is CN(CC(N)=O)C(=O)OCc1cccc2nnc([C@@H](COCc3ccccc3)CC(=O)C(C)(C)N)n12. The Morgan fingerprint density at radius 3 is 2.44 bits per heavy atom. The molecule has 0 unspecified atom stereocenters. The van der Waals surface area contributed by atoms with Crippen molar-refractivity contribution in [2.24, 2.45) is 11.5 Å². The first-order valence-electron chi connectivity index (χ1n) is 11.5. The minimum atomic E-state index is -1.03. The molecule has 0 aliphatic heterocycles. The standard InChI is InChI=1S/C25H32N6O5/c1-25(2,27)20(32)12-18(15-35-14-17-8-5-4-6-9-17)23-29-28-22-11-7-10-19(31(22)23)16-36-24(34)30(3)13-21(26)33/h4-11,18H,12-16,27H2,1-3H3,(H2,26,33)/t18-/m1/s1. The van der Waals surface area contributed by atoms with Gasteiger partial charge in [-0.2, -0.15) is 0 Å². The topological polar surface area (TPSA) is 155 Å². The minimum Gasteiger partial charge on any atom is -0.443 e. The van der Waals surface area contributed by atoms with Crippen LogP contribution in [0, 0.1) is 0 Å². The van der Waals surface area contributed by atoms with E-state index in [1.165, 1.54) is 7.05 Å². The molecule has 0 aliphatic carbocycles. The summed E-state index contributed by atoms with van der Waals surface area (Å²) in [4.78, 5) is 37.3. The Labute approximate surface area is 209 Å². The summed E-state index contributed by atoms with van der Waals surface area (Å²) in [6, 6.07) is 15.0. The van der Waals surface area contributed by atoms with E-state index in [1.54, 1.807) is 36.4 Å². The predicted molar refractivity (Wildman–Crippen MR) is 132 cm³/mol. The lowest BCUT2D eigenvalue weighted by Gasteiger charge is -2.22. The van der Waals surface area contributed by atoms with Gasteiger partial charge in [0.2, 0.25) is 5.91 Å². The Hall–Kier alpha value is -3.83. The van der Waals surface area contributed by atoms with Gasteiger partial charge in [0.1, 0.15) is 19.0 Å². The smallest absolute Gasteiger partial charge is 0.410 e. The van der Waals surface area contributed by atoms with Crippen molar-refractivity contribution >= 4 is 23.4 Å². The van der Waals surface area contributed by atoms with Crippen LogP contribution in [0.4, 0.5) is 4.79 Å². The van der Waals surface area contributed by atoms with Crippen molar-refractivity contribution < 1.29 is 23.9 Å². The van der Waals surface area contributed by atoms with Gasteiger partial charge in [-0.15, -0.1) is 10.2 Å². The molecular weight excluding hydrogens is 464 g/mol. The average Bonchev–Trinajstić information content (AvgIpc) is 3.26. The lowest BCUT2D eigenvalue weighted by atomic mass is 9.91. The van der Waals surface area contributed by atoms with E-state index in [4.69, 9.17) is 20.9 Å². The summed E-state index contributed by atoms with van der Waals surface area (Å²) in [6.07, 6.45) is -0.614. The summed E-state index contributed by atoms with van der Waals surface area (Å²) in [5.41, 5.74) is 12.3. The monoisotopic (exact) mass is 496 g/mol. The molecule has 0 radical (unpaired) electrons. The molecule has 0 aliphatic rings. The molecule has 192 valence electrons. The second-order valence-corrected chi connectivity index (χ2v) is 9.19. The number of Topliss-reactive ketones (excluding diaryl/α,β-unsaturated/α-hetero) is 1. The van der Waals surface area contributed by atoms with E-state index >= 15 is 0 Å². The molecule has 1 aromatic carbocycles. The normalized spacial score (nSPS) is 12.3. The number of carbonyl (C=O) groups excluding carboxylic acids is 3. The highest BCUT2D eigenvalue weighted by atomic mass is 16.6. The number of ketones is 1. The van der Waals surface area contributed by atoms with E-state index in [-0.39, 0.29) is 32.0 Å². The van der Waals surface area contributed by atoms with Gasteiger partial charge in [-0.05, 0) is 31.5 Å². The first-order valence-corrected chi connectivity index (χ1v) is 11.5. The van der Waals surface area contributed by atoms with Gasteiger partial charge >= 0.3 is 6.09 Å². The zero-order valence-electron chi connectivity index (χ0n) is 20.7. The number of nitrogens with two attached hydrogens (primary N) is 2. The fraction of sp³-hybridized carbons (Fsp3) is 0.400. The van der Waals surface area contributed by atoms with Crippen LogP contribution in [0.25, 0.3) is 5.65 Å². The number of amides is 2. The van der Waals surface area contributed by atoms with Crippen LogP contribution in [0.5, 0.6) is 0 Å². The zero-order valence-corrected chi connectivity index (χ0v) is 20.7. The van der Waals surface area contributed by atoms with Crippen LogP contribution in [0.3, 0.4) is 0 Å². The van der Waals surface area contributed by atoms with Crippen molar-refractivity contribution in [2.45, 2.75) is 44.9 Å². The molecule has 3 aromatic rings. The third-order valence-electron chi connectivity index (χ3n) is 5.53. The Balaban J connectivity index is 1.85. The number of carbonyl (C=O) groups is 3. The third kappa shape index (κ3) is 7.09. The van der Waals surface area contributed by atoms with E-state index in [2.05, 4.69) is 10.2 Å². The van der Waals surface area contributed by atoms with Gasteiger partial charge < -0.3 is 25.8 Å². The lowest BCUT2D eigenvalue weighted by Crippen LogP contribution is -2.42. The maximum atomic E-state index is 12.9. The maximum Gasteiger partial charge on any atom is 0.410 e. The largest absolute Gasteiger partial charge is 0.443 e. The molecule has 36 heavy (non-hydrogen) atoms. The molecule has 3 rings (SSSR count). The van der Waals surface area contributed by atoms with E-state index in [1.807, 2.05) is 30.3 Å². The van der Waals surface area contributed by atoms with Gasteiger partial charge in [-0.1, -0.05) is 36.4 Å². The van der Waals surface area contributed by atoms with Crippen molar-refractivity contribution in [3.05, 3.63) is 65.6 Å². The van der Waals surface area contributed by atoms with Crippen molar-refractivity contribution in [3.63, 3.8) is 0 Å². The van der Waals surface area contributed by atoms with E-state index in [9.17, 15) is 14.4 Å². The number of hydrogen-bond donors (Lipinski definition) is 2. The third-order valence-corrected chi connectivity index (χ3v) is 5.53. The molecule has 11 heteroatoms. The van der Waals surface area contributed by atoms with Gasteiger partial charge in [-0.25, -0.2) is 4.79 Å². The molecule has 0 saturated carbocycles. The summed E-state index contributed by atoms with van der Waals surface area (Å²) in [7, 11) is 1.41. The molecule has 0 bridgehead atoms. The van der Waals surface area contributed by atoms with Crippen LogP contribution in [-0.2, 0) is 32.3 Å². The lowest BCUT2D eigenvalue weighted by molar-refractivity contribution is -0.124. The molecule has 2 heterocycles. The number of pyridine rings is 1. The summed E-state index contributed by atoms with van der Waals surface area (Å²) >= 11 is 0. The Morgan fingerprint density at radius 1 is 1.06 bits per heavy atom. The predicted octanol–water partition coefficient (Wildman–Crippen LogP) is 1.78. The Bertz CT molecular complexity index is 1200. The molecule has 2 aromatic heterocycles. The summed E-state index contributed by atoms with van der Waals surface area (Å²) in [6.45, 7) is 3.51. The average molecular weight is 497 g/mol. The minimum absolute atomic E-state index is 0.0918. The molecular formula is C25H32N6O5. The van der Waals surface area contributed by atoms with Crippen LogP contribution in [0.1, 0.15) is 43.3 Å². The molecule has 0 spiro atoms. The highest BCUT2D eigenvalue weighted by Gasteiger charge is 2.29. The van der Waals surface area contributed by atoms with Crippen molar-refractivity contribution in [1.29, 1.82) is 0 Å². The number of hydrogen-bond acceptors (Lipinski definition) is 8. The number of nitrogens with zero attached hydrogens (tertiary/aromatic N) is 4. The quantitative estimate of drug-likeness (QED) is 0.384. The van der Waals surface area contributed by atoms with Crippen LogP contribution in [0.2, 0.25) is 0 Å². The second-order valence-electron chi connectivity index (χ2n) is 9.19. The summed E-state index contributed by atoms with van der Waals surface area (Å²) in [5, 5.41) is 8.59. The van der Waals surface area contributed by atoms with Gasteiger partial charge in [0.15, 0.2) is 11.4 Å². The fourth-order valence-electron chi connectivity index (χ4n) is 3.56. The Kier molecular flexibility index (Phi) is 8.73. The molecule has 0 saturated heterocycles. The number of fused-ring (bicyclic) bond motifs is 1. The van der Waals surface area contributed by atoms with Crippen molar-refractivity contribution in [3.8, 4) is 0 Å². The van der Waals surface area contributed by atoms with Crippen molar-refractivity contribution in [1.82, 2.24) is 19.5 Å². The van der Waals surface area contributed by atoms with E-state index in [0.29, 0.717) is 23.8 Å². The second kappa shape index (κ2) is 11.7. The van der Waals surface area contributed by atoms with Crippen LogP contribution < -0.4 is 11.5 Å². The number of rotatable bonds is 12. The van der Waals surface area contributed by atoms with Gasteiger partial charge in [0, 0.05) is 19.4 Å². The van der Waals surface area contributed by atoms with Crippen LogP contribution in [-0.4, -0.2) is 63.0 Å². The number of benzene rings is 1. The number of likely N-dealkylation sites (N-methyl/N-ethyl adjacent to an activating group) is 1. The molecule has 1 atom stereocenters. The maximum absolute atomic E-state index is 12.9. The van der Waals surface area contributed by atoms with Gasteiger partial charge in [-0.3, -0.25) is 14.0 Å². The highest BCUT2D eigenvalue weighted by molar-refractivity contribution is 5.87. The van der Waals surface area contributed by atoms with Crippen molar-refractivity contribution in [2.75, 3.05) is 20.2 Å². The first-order chi connectivity index (χ1) is 17.1. The van der Waals surface area contributed by atoms with E-state index < -0.39 is 23.5 Å². The van der Waals surface area contributed by atoms with Gasteiger partial charge in [0.25, 0.3) is 0 Å². The van der Waals surface area contributed by atoms with Crippen LogP contribution in [0.15, 0.2) is 48.5 Å². The number of aromatic nitrogens is 3. The molecule has 0 fully saturated rings. The number of ether oxygens (including phenoxy) is 2. The van der Waals surface area contributed by atoms with E-state index in [0.717, 1.165) is 10.5 Å². The zero-order chi connectivity index (χ0) is 26.3. The molecule has 11 nitrogen and oxygen atoms in total. The van der Waals surface area contributed by atoms with Gasteiger partial charge in [0.05, 0.1) is 24.4 Å². The Morgan fingerprint density at radius 2 is 1.78 bits per heavy atom. The molecule has 2 amide bonds. The summed E-state index contributed by atoms with van der Waals surface area (Å²) < 4.78 is 13.1. The fourth-order valence-corrected chi connectivity index (χ4v) is 3.56. The van der Waals surface area contributed by atoms with Crippen LogP contribution >= 0.6 is 0 Å².